The van der Waals surface area contributed by atoms with Crippen LogP contribution in [0.1, 0.15) is 28.8 Å². The number of carbonyl (C=O) groups excluding carboxylic acids is 2. The Morgan fingerprint density at radius 3 is 2.61 bits per heavy atom. The number of hydrogen-bond acceptors (Lipinski definition) is 3. The van der Waals surface area contributed by atoms with Crippen molar-refractivity contribution >= 4 is 40.8 Å². The maximum atomic E-state index is 13.6. The normalized spacial score (nSPS) is 10.7. The zero-order valence-corrected chi connectivity index (χ0v) is 17.7. The Morgan fingerprint density at radius 2 is 1.87 bits per heavy atom. The van der Waals surface area contributed by atoms with Crippen LogP contribution in [0.25, 0.3) is 0 Å². The molecule has 1 heterocycles. The number of hydrogen-bond donors (Lipinski definition) is 2. The number of aromatic nitrogens is 2. The summed E-state index contributed by atoms with van der Waals surface area (Å²) in [6.07, 6.45) is 2.01. The van der Waals surface area contributed by atoms with E-state index in [0.717, 1.165) is 17.7 Å². The molecule has 0 bridgehead atoms. The number of anilines is 1. The van der Waals surface area contributed by atoms with Crippen LogP contribution < -0.4 is 10.6 Å². The summed E-state index contributed by atoms with van der Waals surface area (Å²) in [6.45, 7) is 0.501. The van der Waals surface area contributed by atoms with Gasteiger partial charge in [0.15, 0.2) is 0 Å². The summed E-state index contributed by atoms with van der Waals surface area (Å²) in [5, 5.41) is 10.5. The average molecular weight is 467 g/mol. The molecule has 162 valence electrons. The van der Waals surface area contributed by atoms with E-state index in [9.17, 15) is 18.4 Å². The van der Waals surface area contributed by atoms with Gasteiger partial charge < -0.3 is 10.6 Å². The molecule has 3 aromatic rings. The molecule has 0 fully saturated rings. The van der Waals surface area contributed by atoms with Gasteiger partial charge in [0.25, 0.3) is 5.91 Å². The van der Waals surface area contributed by atoms with E-state index in [2.05, 4.69) is 15.7 Å². The standard InChI is InChI=1S/C21H18Cl2F2N4O2/c22-14-4-3-13(17(23)10-14)12-29-19(7-9-27-29)28-20(30)2-1-8-26-21(31)16-6-5-15(24)11-18(16)25/h3-7,9-11H,1-2,8,12H2,(H,26,31)(H,28,30). The Labute approximate surface area is 187 Å². The van der Waals surface area contributed by atoms with Crippen molar-refractivity contribution in [3.8, 4) is 0 Å². The first-order chi connectivity index (χ1) is 14.8. The van der Waals surface area contributed by atoms with Gasteiger partial charge in [-0.3, -0.25) is 9.59 Å². The Bertz CT molecular complexity index is 1100. The van der Waals surface area contributed by atoms with Crippen LogP contribution in [0, 0.1) is 11.6 Å². The van der Waals surface area contributed by atoms with Crippen LogP contribution in [0.5, 0.6) is 0 Å². The van der Waals surface area contributed by atoms with Gasteiger partial charge in [-0.2, -0.15) is 5.10 Å². The highest BCUT2D eigenvalue weighted by molar-refractivity contribution is 6.35. The molecule has 1 aromatic heterocycles. The second kappa shape index (κ2) is 10.4. The van der Waals surface area contributed by atoms with Crippen LogP contribution in [0.2, 0.25) is 10.0 Å². The summed E-state index contributed by atoms with van der Waals surface area (Å²) in [6, 6.07) is 9.50. The third kappa shape index (κ3) is 6.26. The minimum absolute atomic E-state index is 0.124. The van der Waals surface area contributed by atoms with E-state index in [0.29, 0.717) is 34.9 Å². The van der Waals surface area contributed by atoms with Crippen molar-refractivity contribution in [3.05, 3.63) is 81.5 Å². The van der Waals surface area contributed by atoms with Gasteiger partial charge in [0.1, 0.15) is 17.5 Å². The first-order valence-corrected chi connectivity index (χ1v) is 10.1. The lowest BCUT2D eigenvalue weighted by Gasteiger charge is -2.11. The zero-order valence-electron chi connectivity index (χ0n) is 16.2. The summed E-state index contributed by atoms with van der Waals surface area (Å²) in [4.78, 5) is 24.2. The van der Waals surface area contributed by atoms with Crippen molar-refractivity contribution in [2.75, 3.05) is 11.9 Å². The molecule has 0 aliphatic heterocycles. The van der Waals surface area contributed by atoms with Gasteiger partial charge in [0.2, 0.25) is 5.91 Å². The number of amides is 2. The first-order valence-electron chi connectivity index (χ1n) is 9.32. The van der Waals surface area contributed by atoms with Gasteiger partial charge in [0, 0.05) is 35.1 Å². The largest absolute Gasteiger partial charge is 0.352 e. The topological polar surface area (TPSA) is 76.0 Å². The summed E-state index contributed by atoms with van der Waals surface area (Å²) in [5.41, 5.74) is 0.539. The summed E-state index contributed by atoms with van der Waals surface area (Å²) in [5.74, 6) is -2.15. The van der Waals surface area contributed by atoms with Gasteiger partial charge in [-0.1, -0.05) is 29.3 Å². The molecular formula is C21H18Cl2F2N4O2. The average Bonchev–Trinajstić information content (AvgIpc) is 3.13. The minimum Gasteiger partial charge on any atom is -0.352 e. The number of nitrogens with one attached hydrogen (secondary N) is 2. The summed E-state index contributed by atoms with van der Waals surface area (Å²) >= 11 is 12.1. The lowest BCUT2D eigenvalue weighted by Crippen LogP contribution is -2.26. The smallest absolute Gasteiger partial charge is 0.254 e. The molecule has 0 spiro atoms. The van der Waals surface area contributed by atoms with E-state index in [1.807, 2.05) is 0 Å². The number of nitrogens with zero attached hydrogens (tertiary/aromatic N) is 2. The maximum absolute atomic E-state index is 13.6. The Balaban J connectivity index is 1.47. The Morgan fingerprint density at radius 1 is 1.06 bits per heavy atom. The van der Waals surface area contributed by atoms with Crippen molar-refractivity contribution in [3.63, 3.8) is 0 Å². The number of rotatable bonds is 8. The lowest BCUT2D eigenvalue weighted by molar-refractivity contribution is -0.116. The highest BCUT2D eigenvalue weighted by atomic mass is 35.5. The molecule has 3 rings (SSSR count). The Kier molecular flexibility index (Phi) is 7.59. The molecule has 2 aromatic carbocycles. The van der Waals surface area contributed by atoms with Crippen molar-refractivity contribution in [1.82, 2.24) is 15.1 Å². The molecule has 0 saturated carbocycles. The van der Waals surface area contributed by atoms with Crippen molar-refractivity contribution < 1.29 is 18.4 Å². The maximum Gasteiger partial charge on any atom is 0.254 e. The fraction of sp³-hybridized carbons (Fsp3) is 0.190. The van der Waals surface area contributed by atoms with Crippen LogP contribution in [0.3, 0.4) is 0 Å². The molecule has 2 amide bonds. The van der Waals surface area contributed by atoms with Gasteiger partial charge >= 0.3 is 0 Å². The molecule has 0 saturated heterocycles. The van der Waals surface area contributed by atoms with Gasteiger partial charge in [0.05, 0.1) is 18.3 Å². The summed E-state index contributed by atoms with van der Waals surface area (Å²) < 4.78 is 28.1. The fourth-order valence-electron chi connectivity index (χ4n) is 2.80. The molecule has 10 heteroatoms. The zero-order chi connectivity index (χ0) is 22.4. The van der Waals surface area contributed by atoms with Crippen LogP contribution in [0.15, 0.2) is 48.7 Å². The van der Waals surface area contributed by atoms with Crippen LogP contribution in [0.4, 0.5) is 14.6 Å². The highest BCUT2D eigenvalue weighted by Crippen LogP contribution is 2.22. The van der Waals surface area contributed by atoms with Crippen LogP contribution in [-0.4, -0.2) is 28.1 Å². The van der Waals surface area contributed by atoms with Crippen molar-refractivity contribution in [1.29, 1.82) is 0 Å². The van der Waals surface area contributed by atoms with E-state index in [-0.39, 0.29) is 24.4 Å². The van der Waals surface area contributed by atoms with E-state index in [1.165, 1.54) is 0 Å². The molecule has 0 atom stereocenters. The predicted octanol–water partition coefficient (Wildman–Crippen LogP) is 4.67. The second-order valence-electron chi connectivity index (χ2n) is 6.64. The minimum atomic E-state index is -0.940. The fourth-order valence-corrected chi connectivity index (χ4v) is 3.27. The van der Waals surface area contributed by atoms with E-state index in [4.69, 9.17) is 23.2 Å². The molecule has 0 aliphatic carbocycles. The quantitative estimate of drug-likeness (QED) is 0.473. The summed E-state index contributed by atoms with van der Waals surface area (Å²) in [7, 11) is 0. The highest BCUT2D eigenvalue weighted by Gasteiger charge is 2.13. The molecule has 0 radical (unpaired) electrons. The molecule has 0 aliphatic rings. The SMILES string of the molecule is O=C(CCCNC(=O)c1ccc(F)cc1F)Nc1ccnn1Cc1ccc(Cl)cc1Cl. The second-order valence-corrected chi connectivity index (χ2v) is 7.49. The van der Waals surface area contributed by atoms with Gasteiger partial charge in [-0.05, 0) is 36.2 Å². The number of carbonyl (C=O) groups is 2. The number of benzene rings is 2. The van der Waals surface area contributed by atoms with Crippen molar-refractivity contribution in [2.24, 2.45) is 0 Å². The number of halogens is 4. The lowest BCUT2D eigenvalue weighted by atomic mass is 10.2. The molecule has 2 N–H and O–H groups in total. The molecule has 31 heavy (non-hydrogen) atoms. The predicted molar refractivity (Wildman–Crippen MR) is 114 cm³/mol. The van der Waals surface area contributed by atoms with E-state index >= 15 is 0 Å². The van der Waals surface area contributed by atoms with Crippen molar-refractivity contribution in [2.45, 2.75) is 19.4 Å². The van der Waals surface area contributed by atoms with Gasteiger partial charge in [-0.25, -0.2) is 13.5 Å². The Hall–Kier alpha value is -2.97. The van der Waals surface area contributed by atoms with Gasteiger partial charge in [-0.15, -0.1) is 0 Å². The van der Waals surface area contributed by atoms with E-state index < -0.39 is 17.5 Å². The third-order valence-electron chi connectivity index (χ3n) is 4.36. The first kappa shape index (κ1) is 22.7. The third-order valence-corrected chi connectivity index (χ3v) is 4.95. The van der Waals surface area contributed by atoms with E-state index in [1.54, 1.807) is 35.1 Å². The molecule has 0 unspecified atom stereocenters. The molecule has 6 nitrogen and oxygen atoms in total. The van der Waals surface area contributed by atoms with Crippen LogP contribution >= 0.6 is 23.2 Å². The monoisotopic (exact) mass is 466 g/mol. The molecular weight excluding hydrogens is 449 g/mol. The van der Waals surface area contributed by atoms with Crippen LogP contribution in [-0.2, 0) is 11.3 Å².